The van der Waals surface area contributed by atoms with Gasteiger partial charge < -0.3 is 9.47 Å². The number of hydrogen-bond donors (Lipinski definition) is 0. The molecular weight excluding hydrogens is 352 g/mol. The van der Waals surface area contributed by atoms with Crippen LogP contribution in [-0.4, -0.2) is 19.2 Å². The minimum Gasteiger partial charge on any atom is -0.488 e. The molecule has 0 spiro atoms. The number of ether oxygens (including phenoxy) is 2. The van der Waals surface area contributed by atoms with E-state index in [1.165, 1.54) is 0 Å². The van der Waals surface area contributed by atoms with Crippen LogP contribution in [0.2, 0.25) is 0 Å². The molecule has 0 aliphatic rings. The summed E-state index contributed by atoms with van der Waals surface area (Å²) in [4.78, 5) is 11.1. The van der Waals surface area contributed by atoms with Crippen molar-refractivity contribution in [1.29, 1.82) is 0 Å². The van der Waals surface area contributed by atoms with Crippen LogP contribution in [-0.2, 0) is 9.53 Å². The van der Waals surface area contributed by atoms with Crippen LogP contribution in [0, 0.1) is 6.07 Å². The Hall–Kier alpha value is -0.810. The molecule has 0 saturated carbocycles. The van der Waals surface area contributed by atoms with Crippen molar-refractivity contribution < 1.29 is 14.3 Å². The van der Waals surface area contributed by atoms with Gasteiger partial charge in [-0.25, -0.2) is 4.79 Å². The van der Waals surface area contributed by atoms with Crippen LogP contribution in [0.5, 0.6) is 5.75 Å². The normalized spacial score (nSPS) is 9.82. The molecule has 1 aromatic rings. The zero-order valence-electron chi connectivity index (χ0n) is 9.26. The van der Waals surface area contributed by atoms with Crippen LogP contribution in [0.1, 0.15) is 6.92 Å². The average molecular weight is 363 g/mol. The van der Waals surface area contributed by atoms with Crippen molar-refractivity contribution in [2.75, 3.05) is 13.2 Å². The molecule has 1 rings (SSSR count). The maximum absolute atomic E-state index is 11.1. The summed E-state index contributed by atoms with van der Waals surface area (Å²) in [7, 11) is 0. The van der Waals surface area contributed by atoms with Gasteiger partial charge in [-0.05, 0) is 57.0 Å². The van der Waals surface area contributed by atoms with Gasteiger partial charge in [0, 0.05) is 5.57 Å². The molecule has 0 aliphatic heterocycles. The van der Waals surface area contributed by atoms with E-state index in [9.17, 15) is 4.79 Å². The molecule has 0 fully saturated rings. The van der Waals surface area contributed by atoms with Gasteiger partial charge in [-0.15, -0.1) is 0 Å². The van der Waals surface area contributed by atoms with Crippen LogP contribution in [0.15, 0.2) is 33.2 Å². The van der Waals surface area contributed by atoms with Gasteiger partial charge in [0.05, 0.1) is 8.95 Å². The van der Waals surface area contributed by atoms with Crippen LogP contribution >= 0.6 is 31.9 Å². The van der Waals surface area contributed by atoms with E-state index in [1.54, 1.807) is 19.1 Å². The summed E-state index contributed by atoms with van der Waals surface area (Å²) in [5, 5.41) is 0. The molecule has 1 aromatic carbocycles. The zero-order chi connectivity index (χ0) is 12.8. The molecule has 0 N–H and O–H groups in total. The topological polar surface area (TPSA) is 35.5 Å². The lowest BCUT2D eigenvalue weighted by Crippen LogP contribution is -2.12. The molecule has 3 nitrogen and oxygen atoms in total. The highest BCUT2D eigenvalue weighted by Gasteiger charge is 2.07. The SMILES string of the molecule is C=C(C)C(=O)OCCOc1c(Br)c[c]cc1Br. The van der Waals surface area contributed by atoms with Crippen molar-refractivity contribution in [3.8, 4) is 5.75 Å². The molecule has 5 heteroatoms. The number of benzene rings is 1. The number of carbonyl (C=O) groups excluding carboxylic acids is 1. The third-order valence-electron chi connectivity index (χ3n) is 1.77. The molecule has 0 heterocycles. The second-order valence-electron chi connectivity index (χ2n) is 3.25. The summed E-state index contributed by atoms with van der Waals surface area (Å²) in [6, 6.07) is 6.42. The molecule has 0 aromatic heterocycles. The maximum atomic E-state index is 11.1. The molecule has 0 amide bonds. The predicted octanol–water partition coefficient (Wildman–Crippen LogP) is 3.51. The van der Waals surface area contributed by atoms with Crippen LogP contribution in [0.25, 0.3) is 0 Å². The Morgan fingerprint density at radius 2 is 1.94 bits per heavy atom. The first-order valence-corrected chi connectivity index (χ1v) is 6.41. The summed E-state index contributed by atoms with van der Waals surface area (Å²) >= 11 is 6.69. The van der Waals surface area contributed by atoms with Gasteiger partial charge >= 0.3 is 5.97 Å². The molecule has 0 unspecified atom stereocenters. The lowest BCUT2D eigenvalue weighted by atomic mass is 10.3. The molecule has 0 saturated heterocycles. The van der Waals surface area contributed by atoms with Crippen molar-refractivity contribution >= 4 is 37.8 Å². The smallest absolute Gasteiger partial charge is 0.333 e. The van der Waals surface area contributed by atoms with E-state index in [2.05, 4.69) is 44.5 Å². The third kappa shape index (κ3) is 4.52. The summed E-state index contributed by atoms with van der Waals surface area (Å²) in [6.45, 7) is 5.55. The quantitative estimate of drug-likeness (QED) is 0.456. The Bertz CT molecular complexity index is 410. The lowest BCUT2D eigenvalue weighted by molar-refractivity contribution is -0.139. The minimum absolute atomic E-state index is 0.184. The summed E-state index contributed by atoms with van der Waals surface area (Å²) < 4.78 is 12.0. The van der Waals surface area contributed by atoms with E-state index in [1.807, 2.05) is 0 Å². The van der Waals surface area contributed by atoms with Gasteiger partial charge in [0.2, 0.25) is 0 Å². The minimum atomic E-state index is -0.409. The fourth-order valence-corrected chi connectivity index (χ4v) is 2.16. The number of rotatable bonds is 5. The highest BCUT2D eigenvalue weighted by Crippen LogP contribution is 2.32. The molecule has 0 aliphatic carbocycles. The number of esters is 1. The third-order valence-corrected chi connectivity index (χ3v) is 2.94. The number of hydrogen-bond acceptors (Lipinski definition) is 3. The van der Waals surface area contributed by atoms with Crippen LogP contribution in [0.3, 0.4) is 0 Å². The first-order chi connectivity index (χ1) is 8.02. The van der Waals surface area contributed by atoms with Gasteiger partial charge in [-0.3, -0.25) is 0 Å². The van der Waals surface area contributed by atoms with E-state index < -0.39 is 5.97 Å². The zero-order valence-corrected chi connectivity index (χ0v) is 12.4. The first-order valence-electron chi connectivity index (χ1n) is 4.83. The van der Waals surface area contributed by atoms with Crippen LogP contribution < -0.4 is 4.74 Å². The predicted molar refractivity (Wildman–Crippen MR) is 71.9 cm³/mol. The Labute approximate surface area is 117 Å². The fourth-order valence-electron chi connectivity index (χ4n) is 0.972. The van der Waals surface area contributed by atoms with Crippen molar-refractivity contribution in [2.45, 2.75) is 6.92 Å². The Morgan fingerprint density at radius 1 is 1.35 bits per heavy atom. The molecule has 17 heavy (non-hydrogen) atoms. The van der Waals surface area contributed by atoms with Gasteiger partial charge in [0.15, 0.2) is 0 Å². The summed E-state index contributed by atoms with van der Waals surface area (Å²) in [5.74, 6) is 0.253. The van der Waals surface area contributed by atoms with Crippen molar-refractivity contribution in [3.63, 3.8) is 0 Å². The lowest BCUT2D eigenvalue weighted by Gasteiger charge is -2.10. The van der Waals surface area contributed by atoms with Crippen LogP contribution in [0.4, 0.5) is 0 Å². The largest absolute Gasteiger partial charge is 0.488 e. The highest BCUT2D eigenvalue weighted by atomic mass is 79.9. The van der Waals surface area contributed by atoms with E-state index in [4.69, 9.17) is 9.47 Å². The Kier molecular flexibility index (Phi) is 5.71. The van der Waals surface area contributed by atoms with Gasteiger partial charge in [-0.2, -0.15) is 0 Å². The van der Waals surface area contributed by atoms with Crippen molar-refractivity contribution in [1.82, 2.24) is 0 Å². The second-order valence-corrected chi connectivity index (χ2v) is 4.95. The standard InChI is InChI=1S/C12H11Br2O3/c1-8(2)12(15)17-7-6-16-11-9(13)4-3-5-10(11)14/h4-5H,1,6-7H2,2H3. The summed E-state index contributed by atoms with van der Waals surface area (Å²) in [6.07, 6.45) is 0. The van der Waals surface area contributed by atoms with E-state index >= 15 is 0 Å². The number of carbonyl (C=O) groups is 1. The molecular formula is C12H11Br2O3. The van der Waals surface area contributed by atoms with Crippen molar-refractivity contribution in [2.24, 2.45) is 0 Å². The van der Waals surface area contributed by atoms with Gasteiger partial charge in [-0.1, -0.05) is 6.58 Å². The monoisotopic (exact) mass is 361 g/mol. The van der Waals surface area contributed by atoms with Gasteiger partial charge in [0.25, 0.3) is 0 Å². The fraction of sp³-hybridized carbons (Fsp3) is 0.250. The second kappa shape index (κ2) is 6.81. The Balaban J connectivity index is 2.41. The van der Waals surface area contributed by atoms with E-state index in [-0.39, 0.29) is 13.2 Å². The highest BCUT2D eigenvalue weighted by molar-refractivity contribution is 9.11. The van der Waals surface area contributed by atoms with E-state index in [0.717, 1.165) is 8.95 Å². The van der Waals surface area contributed by atoms with Crippen molar-refractivity contribution in [3.05, 3.63) is 39.3 Å². The van der Waals surface area contributed by atoms with Gasteiger partial charge in [0.1, 0.15) is 19.0 Å². The first kappa shape index (κ1) is 14.3. The summed E-state index contributed by atoms with van der Waals surface area (Å²) in [5.41, 5.74) is 0.377. The van der Waals surface area contributed by atoms with E-state index in [0.29, 0.717) is 11.3 Å². The average Bonchev–Trinajstić information content (AvgIpc) is 2.27. The Morgan fingerprint density at radius 3 is 2.47 bits per heavy atom. The molecule has 0 bridgehead atoms. The molecule has 0 atom stereocenters. The molecule has 1 radical (unpaired) electrons. The number of halogens is 2. The maximum Gasteiger partial charge on any atom is 0.333 e. The molecule has 91 valence electrons.